The molecule has 7 nitrogen and oxygen atoms in total. The van der Waals surface area contributed by atoms with Crippen LogP contribution < -0.4 is 14.5 Å². The number of nitrogens with zero attached hydrogens (tertiary/aromatic N) is 3. The number of carboxylic acids is 1. The van der Waals surface area contributed by atoms with Crippen molar-refractivity contribution in [3.8, 4) is 5.75 Å². The Hall–Kier alpha value is -4.14. The van der Waals surface area contributed by atoms with E-state index in [0.29, 0.717) is 34.7 Å². The highest BCUT2D eigenvalue weighted by Gasteiger charge is 2.41. The van der Waals surface area contributed by atoms with Crippen LogP contribution in [0.5, 0.6) is 5.75 Å². The van der Waals surface area contributed by atoms with Gasteiger partial charge < -0.3 is 19.6 Å². The van der Waals surface area contributed by atoms with E-state index in [1.165, 1.54) is 25.3 Å². The third kappa shape index (κ3) is 3.32. The van der Waals surface area contributed by atoms with E-state index >= 15 is 4.39 Å². The highest BCUT2D eigenvalue weighted by molar-refractivity contribution is 5.96. The standard InChI is InChI=1S/C25H22F2N4O3/c1-25(2)13-30(16-6-4-14(5-7-16)24(32)33)23-19(10-15-12-28-29-22(15)21(23)27)31(25)17-8-9-18(26)20(11-17)34-3/h4-12H,13H2,1-3H3,(H,28,29)(H,32,33). The summed E-state index contributed by atoms with van der Waals surface area (Å²) in [4.78, 5) is 15.1. The molecule has 0 aliphatic carbocycles. The van der Waals surface area contributed by atoms with Crippen LogP contribution in [0, 0.1) is 11.6 Å². The van der Waals surface area contributed by atoms with Crippen molar-refractivity contribution in [2.24, 2.45) is 0 Å². The summed E-state index contributed by atoms with van der Waals surface area (Å²) < 4.78 is 35.3. The lowest BCUT2D eigenvalue weighted by Crippen LogP contribution is -2.53. The second kappa shape index (κ2) is 7.72. The van der Waals surface area contributed by atoms with Gasteiger partial charge in [-0.25, -0.2) is 13.6 Å². The van der Waals surface area contributed by atoms with Gasteiger partial charge in [0, 0.05) is 29.4 Å². The zero-order valence-electron chi connectivity index (χ0n) is 18.8. The molecule has 1 aromatic heterocycles. The van der Waals surface area contributed by atoms with E-state index in [4.69, 9.17) is 4.74 Å². The van der Waals surface area contributed by atoms with E-state index in [1.54, 1.807) is 30.5 Å². The highest BCUT2D eigenvalue weighted by atomic mass is 19.1. The van der Waals surface area contributed by atoms with Crippen molar-refractivity contribution in [3.63, 3.8) is 0 Å². The summed E-state index contributed by atoms with van der Waals surface area (Å²) in [6, 6.07) is 12.7. The lowest BCUT2D eigenvalue weighted by atomic mass is 9.93. The summed E-state index contributed by atoms with van der Waals surface area (Å²) in [5.41, 5.74) is 2.00. The average molecular weight is 464 g/mol. The van der Waals surface area contributed by atoms with Crippen LogP contribution in [0.1, 0.15) is 24.2 Å². The molecule has 0 spiro atoms. The molecule has 0 unspecified atom stereocenters. The van der Waals surface area contributed by atoms with Crippen molar-refractivity contribution in [1.29, 1.82) is 0 Å². The summed E-state index contributed by atoms with van der Waals surface area (Å²) in [6.07, 6.45) is 1.55. The fraction of sp³-hybridized carbons (Fsp3) is 0.200. The zero-order valence-corrected chi connectivity index (χ0v) is 18.8. The normalized spacial score (nSPS) is 14.9. The maximum Gasteiger partial charge on any atom is 0.335 e. The fourth-order valence-corrected chi connectivity index (χ4v) is 4.60. The lowest BCUT2D eigenvalue weighted by Gasteiger charge is -2.50. The molecule has 0 saturated heterocycles. The first kappa shape index (κ1) is 21.7. The van der Waals surface area contributed by atoms with Gasteiger partial charge in [-0.3, -0.25) is 5.10 Å². The quantitative estimate of drug-likeness (QED) is 0.408. The van der Waals surface area contributed by atoms with Crippen LogP contribution in [0.4, 0.5) is 31.5 Å². The molecule has 0 amide bonds. The molecule has 174 valence electrons. The lowest BCUT2D eigenvalue weighted by molar-refractivity contribution is 0.0697. The van der Waals surface area contributed by atoms with Crippen molar-refractivity contribution in [1.82, 2.24) is 10.2 Å². The number of methoxy groups -OCH3 is 1. The molecular formula is C25H22F2N4O3. The van der Waals surface area contributed by atoms with Crippen LogP contribution in [-0.4, -0.2) is 40.5 Å². The Morgan fingerprint density at radius 3 is 2.50 bits per heavy atom. The number of benzene rings is 3. The Kier molecular flexibility index (Phi) is 4.93. The molecule has 1 aliphatic rings. The molecular weight excluding hydrogens is 442 g/mol. The first-order valence-corrected chi connectivity index (χ1v) is 10.6. The molecule has 2 N–H and O–H groups in total. The van der Waals surface area contributed by atoms with Gasteiger partial charge in [0.15, 0.2) is 17.4 Å². The highest BCUT2D eigenvalue weighted by Crippen LogP contribution is 2.50. The van der Waals surface area contributed by atoms with Crippen LogP contribution in [0.3, 0.4) is 0 Å². The molecule has 2 heterocycles. The van der Waals surface area contributed by atoms with E-state index in [0.717, 1.165) is 0 Å². The predicted molar refractivity (Wildman–Crippen MR) is 126 cm³/mol. The minimum atomic E-state index is -1.03. The second-order valence-electron chi connectivity index (χ2n) is 8.80. The fourth-order valence-electron chi connectivity index (χ4n) is 4.60. The van der Waals surface area contributed by atoms with Gasteiger partial charge in [-0.2, -0.15) is 5.10 Å². The summed E-state index contributed by atoms with van der Waals surface area (Å²) in [5.74, 6) is -1.92. The van der Waals surface area contributed by atoms with Gasteiger partial charge in [0.25, 0.3) is 0 Å². The number of carboxylic acid groups (broad SMARTS) is 1. The van der Waals surface area contributed by atoms with Crippen LogP contribution in [0.25, 0.3) is 10.9 Å². The van der Waals surface area contributed by atoms with Crippen molar-refractivity contribution in [2.75, 3.05) is 23.5 Å². The topological polar surface area (TPSA) is 81.7 Å². The summed E-state index contributed by atoms with van der Waals surface area (Å²) in [6.45, 7) is 4.37. The molecule has 0 radical (unpaired) electrons. The van der Waals surface area contributed by atoms with Gasteiger partial charge in [0.1, 0.15) is 11.2 Å². The third-order valence-electron chi connectivity index (χ3n) is 6.11. The smallest absolute Gasteiger partial charge is 0.335 e. The SMILES string of the molecule is COc1cc(N2c3cc4cn[nH]c4c(F)c3N(c3ccc(C(=O)O)cc3)CC2(C)C)ccc1F. The third-order valence-corrected chi connectivity index (χ3v) is 6.11. The number of rotatable bonds is 4. The number of nitrogens with one attached hydrogen (secondary N) is 1. The summed E-state index contributed by atoms with van der Waals surface area (Å²) in [7, 11) is 1.40. The minimum absolute atomic E-state index is 0.0893. The monoisotopic (exact) mass is 464 g/mol. The van der Waals surface area contributed by atoms with E-state index in [-0.39, 0.29) is 16.8 Å². The molecule has 0 atom stereocenters. The number of halogens is 2. The molecule has 5 rings (SSSR count). The van der Waals surface area contributed by atoms with Crippen molar-refractivity contribution in [3.05, 3.63) is 71.9 Å². The number of fused-ring (bicyclic) bond motifs is 2. The maximum absolute atomic E-state index is 16.0. The molecule has 0 saturated carbocycles. The van der Waals surface area contributed by atoms with Gasteiger partial charge in [-0.05, 0) is 56.3 Å². The number of aromatic carboxylic acids is 1. The average Bonchev–Trinajstić information content (AvgIpc) is 3.28. The van der Waals surface area contributed by atoms with Crippen molar-refractivity contribution >= 4 is 39.6 Å². The Bertz CT molecular complexity index is 1420. The number of carbonyl (C=O) groups is 1. The number of hydrogen-bond donors (Lipinski definition) is 2. The summed E-state index contributed by atoms with van der Waals surface area (Å²) >= 11 is 0. The van der Waals surface area contributed by atoms with Crippen molar-refractivity contribution in [2.45, 2.75) is 19.4 Å². The first-order valence-electron chi connectivity index (χ1n) is 10.6. The van der Waals surface area contributed by atoms with Gasteiger partial charge in [0.2, 0.25) is 0 Å². The molecule has 4 aromatic rings. The zero-order chi connectivity index (χ0) is 24.2. The van der Waals surface area contributed by atoms with Crippen LogP contribution in [0.2, 0.25) is 0 Å². The van der Waals surface area contributed by atoms with E-state index in [9.17, 15) is 14.3 Å². The van der Waals surface area contributed by atoms with Crippen molar-refractivity contribution < 1.29 is 23.4 Å². The van der Waals surface area contributed by atoms with Crippen LogP contribution >= 0.6 is 0 Å². The molecule has 34 heavy (non-hydrogen) atoms. The van der Waals surface area contributed by atoms with Crippen LogP contribution in [-0.2, 0) is 0 Å². The summed E-state index contributed by atoms with van der Waals surface area (Å²) in [5, 5.41) is 16.6. The number of anilines is 4. The van der Waals surface area contributed by atoms with Gasteiger partial charge in [-0.1, -0.05) is 0 Å². The second-order valence-corrected chi connectivity index (χ2v) is 8.80. The van der Waals surface area contributed by atoms with E-state index < -0.39 is 23.1 Å². The molecule has 3 aromatic carbocycles. The molecule has 9 heteroatoms. The Morgan fingerprint density at radius 2 is 1.82 bits per heavy atom. The van der Waals surface area contributed by atoms with Gasteiger partial charge in [-0.15, -0.1) is 0 Å². The number of hydrogen-bond acceptors (Lipinski definition) is 5. The molecule has 1 aliphatic heterocycles. The van der Waals surface area contributed by atoms with Gasteiger partial charge >= 0.3 is 5.97 Å². The number of aromatic amines is 1. The van der Waals surface area contributed by atoms with Gasteiger partial charge in [0.05, 0.1) is 30.1 Å². The Labute approximate surface area is 194 Å². The largest absolute Gasteiger partial charge is 0.494 e. The molecule has 0 fully saturated rings. The van der Waals surface area contributed by atoms with E-state index in [2.05, 4.69) is 10.2 Å². The Morgan fingerprint density at radius 1 is 1.12 bits per heavy atom. The maximum atomic E-state index is 16.0. The molecule has 0 bridgehead atoms. The Balaban J connectivity index is 1.75. The number of H-pyrrole nitrogens is 1. The predicted octanol–water partition coefficient (Wildman–Crippen LogP) is 5.62. The van der Waals surface area contributed by atoms with E-state index in [1.807, 2.05) is 29.7 Å². The number of aromatic nitrogens is 2. The first-order chi connectivity index (χ1) is 16.2. The minimum Gasteiger partial charge on any atom is -0.494 e. The van der Waals surface area contributed by atoms with Crippen LogP contribution in [0.15, 0.2) is 54.7 Å². The number of ether oxygens (including phenoxy) is 1.